The standard InChI is InChI=1S/C13H14BrClIN3OS/c1-3-4-17-13-10(16)8(6-20-2)18-12(19-13)9-5-7(14)11(15)21-9/h5H,3-4,6H2,1-2H3,(H,17,18,19). The molecule has 0 bridgehead atoms. The molecule has 21 heavy (non-hydrogen) atoms. The van der Waals surface area contributed by atoms with Crippen LogP contribution < -0.4 is 5.32 Å². The summed E-state index contributed by atoms with van der Waals surface area (Å²) in [5.41, 5.74) is 0.877. The minimum Gasteiger partial charge on any atom is -0.378 e. The first-order chi connectivity index (χ1) is 10.1. The highest BCUT2D eigenvalue weighted by Gasteiger charge is 2.15. The Morgan fingerprint density at radius 2 is 2.24 bits per heavy atom. The molecule has 0 saturated carbocycles. The fraction of sp³-hybridized carbons (Fsp3) is 0.385. The Hall–Kier alpha value is 0.0400. The van der Waals surface area contributed by atoms with E-state index >= 15 is 0 Å². The quantitative estimate of drug-likeness (QED) is 0.552. The number of rotatable bonds is 6. The maximum absolute atomic E-state index is 6.11. The van der Waals surface area contributed by atoms with Crippen LogP contribution in [0.4, 0.5) is 5.82 Å². The Labute approximate surface area is 154 Å². The summed E-state index contributed by atoms with van der Waals surface area (Å²) in [6, 6.07) is 1.94. The number of aromatic nitrogens is 2. The molecule has 2 rings (SSSR count). The number of nitrogens with zero attached hydrogens (tertiary/aromatic N) is 2. The minimum absolute atomic E-state index is 0.453. The van der Waals surface area contributed by atoms with Gasteiger partial charge in [-0.15, -0.1) is 11.3 Å². The molecule has 0 aliphatic carbocycles. The Balaban J connectivity index is 2.47. The van der Waals surface area contributed by atoms with Crippen LogP contribution in [-0.2, 0) is 11.3 Å². The van der Waals surface area contributed by atoms with Crippen LogP contribution in [0, 0.1) is 3.57 Å². The fourth-order valence-corrected chi connectivity index (χ4v) is 3.88. The number of methoxy groups -OCH3 is 1. The van der Waals surface area contributed by atoms with Gasteiger partial charge in [0.1, 0.15) is 10.2 Å². The second-order valence-corrected chi connectivity index (χ2v) is 7.84. The van der Waals surface area contributed by atoms with Crippen LogP contribution in [-0.4, -0.2) is 23.6 Å². The number of hydrogen-bond acceptors (Lipinski definition) is 5. The predicted molar refractivity (Wildman–Crippen MR) is 100 cm³/mol. The second-order valence-electron chi connectivity index (χ2n) is 4.25. The van der Waals surface area contributed by atoms with E-state index in [1.165, 1.54) is 11.3 Å². The van der Waals surface area contributed by atoms with Gasteiger partial charge in [0, 0.05) is 18.1 Å². The SMILES string of the molecule is CCCNc1nc(-c2cc(Br)c(Cl)s2)nc(COC)c1I. The lowest BCUT2D eigenvalue weighted by atomic mass is 10.3. The molecule has 0 saturated heterocycles. The molecule has 2 aromatic rings. The lowest BCUT2D eigenvalue weighted by Gasteiger charge is -2.11. The number of halogens is 3. The maximum atomic E-state index is 6.11. The summed E-state index contributed by atoms with van der Waals surface area (Å²) in [5.74, 6) is 1.51. The van der Waals surface area contributed by atoms with Gasteiger partial charge in [0.25, 0.3) is 0 Å². The highest BCUT2D eigenvalue weighted by atomic mass is 127. The van der Waals surface area contributed by atoms with Crippen molar-refractivity contribution in [2.75, 3.05) is 19.0 Å². The van der Waals surface area contributed by atoms with Crippen molar-refractivity contribution in [3.8, 4) is 10.7 Å². The first kappa shape index (κ1) is 17.4. The van der Waals surface area contributed by atoms with Crippen molar-refractivity contribution < 1.29 is 4.74 Å². The molecule has 0 aromatic carbocycles. The fourth-order valence-electron chi connectivity index (χ4n) is 1.65. The number of nitrogens with one attached hydrogen (secondary N) is 1. The van der Waals surface area contributed by atoms with Crippen LogP contribution in [0.2, 0.25) is 4.34 Å². The van der Waals surface area contributed by atoms with Crippen molar-refractivity contribution in [1.82, 2.24) is 9.97 Å². The van der Waals surface area contributed by atoms with E-state index in [2.05, 4.69) is 60.7 Å². The number of hydrogen-bond donors (Lipinski definition) is 1. The molecular weight excluding hydrogens is 488 g/mol. The van der Waals surface area contributed by atoms with Gasteiger partial charge in [0.05, 0.1) is 20.7 Å². The van der Waals surface area contributed by atoms with Gasteiger partial charge in [-0.05, 0) is 51.0 Å². The molecule has 8 heteroatoms. The summed E-state index contributed by atoms with van der Waals surface area (Å²) in [5, 5.41) is 3.34. The molecule has 0 atom stereocenters. The minimum atomic E-state index is 0.453. The molecule has 0 radical (unpaired) electrons. The smallest absolute Gasteiger partial charge is 0.172 e. The van der Waals surface area contributed by atoms with Crippen LogP contribution in [0.25, 0.3) is 10.7 Å². The third kappa shape index (κ3) is 4.28. The van der Waals surface area contributed by atoms with Gasteiger partial charge >= 0.3 is 0 Å². The zero-order valence-electron chi connectivity index (χ0n) is 11.5. The Morgan fingerprint density at radius 1 is 1.48 bits per heavy atom. The van der Waals surface area contributed by atoms with E-state index in [4.69, 9.17) is 16.3 Å². The third-order valence-electron chi connectivity index (χ3n) is 2.61. The first-order valence-corrected chi connectivity index (χ1v) is 9.37. The van der Waals surface area contributed by atoms with Crippen LogP contribution in [0.3, 0.4) is 0 Å². The molecule has 0 aliphatic rings. The van der Waals surface area contributed by atoms with E-state index in [1.54, 1.807) is 7.11 Å². The topological polar surface area (TPSA) is 47.0 Å². The number of thiophene rings is 1. The van der Waals surface area contributed by atoms with Crippen molar-refractivity contribution in [2.45, 2.75) is 20.0 Å². The largest absolute Gasteiger partial charge is 0.378 e. The van der Waals surface area contributed by atoms with Crippen LogP contribution in [0.5, 0.6) is 0 Å². The van der Waals surface area contributed by atoms with Gasteiger partial charge in [-0.2, -0.15) is 0 Å². The van der Waals surface area contributed by atoms with Crippen molar-refractivity contribution in [1.29, 1.82) is 0 Å². The molecule has 114 valence electrons. The summed E-state index contributed by atoms with van der Waals surface area (Å²) in [7, 11) is 1.66. The highest BCUT2D eigenvalue weighted by molar-refractivity contribution is 14.1. The summed E-state index contributed by atoms with van der Waals surface area (Å²) in [4.78, 5) is 10.2. The van der Waals surface area contributed by atoms with Crippen molar-refractivity contribution >= 4 is 67.3 Å². The van der Waals surface area contributed by atoms with Crippen LogP contribution in [0.15, 0.2) is 10.5 Å². The monoisotopic (exact) mass is 501 g/mol. The molecule has 0 spiro atoms. The predicted octanol–water partition coefficient (Wildman–Crippen LogP) is 5.19. The van der Waals surface area contributed by atoms with Gasteiger partial charge in [-0.1, -0.05) is 18.5 Å². The number of anilines is 1. The molecule has 0 fully saturated rings. The van der Waals surface area contributed by atoms with Crippen LogP contribution in [0.1, 0.15) is 19.0 Å². The van der Waals surface area contributed by atoms with Crippen molar-refractivity contribution in [3.63, 3.8) is 0 Å². The van der Waals surface area contributed by atoms with Gasteiger partial charge in [0.2, 0.25) is 0 Å². The molecule has 2 aromatic heterocycles. The Kier molecular flexibility index (Phi) is 6.67. The normalized spacial score (nSPS) is 10.9. The zero-order chi connectivity index (χ0) is 15.4. The zero-order valence-corrected chi connectivity index (χ0v) is 16.9. The second kappa shape index (κ2) is 8.05. The molecule has 2 heterocycles. The first-order valence-electron chi connectivity index (χ1n) is 6.31. The Morgan fingerprint density at radius 3 is 2.81 bits per heavy atom. The molecule has 4 nitrogen and oxygen atoms in total. The molecule has 0 unspecified atom stereocenters. The van der Waals surface area contributed by atoms with E-state index < -0.39 is 0 Å². The van der Waals surface area contributed by atoms with E-state index in [0.29, 0.717) is 16.8 Å². The summed E-state index contributed by atoms with van der Waals surface area (Å²) >= 11 is 13.2. The van der Waals surface area contributed by atoms with Crippen molar-refractivity contribution in [2.24, 2.45) is 0 Å². The lowest BCUT2D eigenvalue weighted by molar-refractivity contribution is 0.181. The maximum Gasteiger partial charge on any atom is 0.172 e. The van der Waals surface area contributed by atoms with E-state index in [1.807, 2.05) is 6.07 Å². The van der Waals surface area contributed by atoms with Gasteiger partial charge in [-0.3, -0.25) is 0 Å². The molecule has 0 amide bonds. The summed E-state index contributed by atoms with van der Waals surface area (Å²) in [6.07, 6.45) is 1.03. The summed E-state index contributed by atoms with van der Waals surface area (Å²) < 4.78 is 7.79. The summed E-state index contributed by atoms with van der Waals surface area (Å²) in [6.45, 7) is 3.44. The van der Waals surface area contributed by atoms with Crippen LogP contribution >= 0.6 is 61.5 Å². The van der Waals surface area contributed by atoms with Gasteiger partial charge < -0.3 is 10.1 Å². The average molecular weight is 503 g/mol. The van der Waals surface area contributed by atoms with Crippen molar-refractivity contribution in [3.05, 3.63) is 24.1 Å². The Bertz CT molecular complexity index is 619. The average Bonchev–Trinajstić information content (AvgIpc) is 2.80. The molecular formula is C13H14BrClIN3OS. The lowest BCUT2D eigenvalue weighted by Crippen LogP contribution is -2.09. The van der Waals surface area contributed by atoms with E-state index in [9.17, 15) is 0 Å². The van der Waals surface area contributed by atoms with E-state index in [-0.39, 0.29) is 0 Å². The number of ether oxygens (including phenoxy) is 1. The third-order valence-corrected chi connectivity index (χ3v) is 6.21. The molecule has 0 aliphatic heterocycles. The van der Waals surface area contributed by atoms with Gasteiger partial charge in [-0.25, -0.2) is 9.97 Å². The highest BCUT2D eigenvalue weighted by Crippen LogP contribution is 2.37. The molecule has 1 N–H and O–H groups in total. The van der Waals surface area contributed by atoms with Gasteiger partial charge in [0.15, 0.2) is 5.82 Å². The van der Waals surface area contributed by atoms with E-state index in [0.717, 1.165) is 37.4 Å².